The van der Waals surface area contributed by atoms with Crippen molar-refractivity contribution in [3.63, 3.8) is 0 Å². The molecule has 0 aliphatic rings. The SMILES string of the molecule is Cc1nc(C)c(C(=O)Nc2cc(Cl)cc3[nH]cnc23)s1. The summed E-state index contributed by atoms with van der Waals surface area (Å²) in [7, 11) is 0. The van der Waals surface area contributed by atoms with E-state index < -0.39 is 0 Å². The Balaban J connectivity index is 1.99. The molecule has 0 spiro atoms. The highest BCUT2D eigenvalue weighted by Gasteiger charge is 2.16. The van der Waals surface area contributed by atoms with Crippen molar-refractivity contribution in [3.8, 4) is 0 Å². The Morgan fingerprint density at radius 3 is 2.90 bits per heavy atom. The second kappa shape index (κ2) is 4.88. The van der Waals surface area contributed by atoms with Gasteiger partial charge in [0.1, 0.15) is 10.4 Å². The first-order valence-corrected chi connectivity index (χ1v) is 7.12. The van der Waals surface area contributed by atoms with E-state index in [1.165, 1.54) is 11.3 Å². The van der Waals surface area contributed by atoms with Gasteiger partial charge < -0.3 is 10.3 Å². The number of imidazole rings is 1. The Labute approximate surface area is 124 Å². The number of benzene rings is 1. The lowest BCUT2D eigenvalue weighted by molar-refractivity contribution is 0.103. The van der Waals surface area contributed by atoms with Crippen molar-refractivity contribution in [2.24, 2.45) is 0 Å². The highest BCUT2D eigenvalue weighted by Crippen LogP contribution is 2.27. The molecule has 3 aromatic rings. The van der Waals surface area contributed by atoms with Crippen LogP contribution in [0.5, 0.6) is 0 Å². The molecule has 2 heterocycles. The van der Waals surface area contributed by atoms with Crippen LogP contribution in [0.15, 0.2) is 18.5 Å². The minimum absolute atomic E-state index is 0.195. The van der Waals surface area contributed by atoms with Crippen LogP contribution in [0.1, 0.15) is 20.4 Å². The lowest BCUT2D eigenvalue weighted by Crippen LogP contribution is -2.12. The summed E-state index contributed by atoms with van der Waals surface area (Å²) in [5, 5.41) is 4.25. The third-order valence-electron chi connectivity index (χ3n) is 2.85. The van der Waals surface area contributed by atoms with Crippen LogP contribution in [0, 0.1) is 13.8 Å². The first-order chi connectivity index (χ1) is 9.54. The number of halogens is 1. The first-order valence-electron chi connectivity index (χ1n) is 5.92. The second-order valence-electron chi connectivity index (χ2n) is 4.35. The number of anilines is 1. The standard InChI is InChI=1S/C13H11ClN4OS/c1-6-12(20-7(2)17-6)13(19)18-10-4-8(14)3-9-11(10)16-5-15-9/h3-5H,1-2H3,(H,15,16)(H,18,19). The topological polar surface area (TPSA) is 70.7 Å². The fraction of sp³-hybridized carbons (Fsp3) is 0.154. The molecule has 20 heavy (non-hydrogen) atoms. The third kappa shape index (κ3) is 2.28. The highest BCUT2D eigenvalue weighted by atomic mass is 35.5. The molecule has 0 radical (unpaired) electrons. The molecule has 0 atom stereocenters. The predicted molar refractivity (Wildman–Crippen MR) is 80.6 cm³/mol. The molecule has 1 amide bonds. The van der Waals surface area contributed by atoms with Gasteiger partial charge in [0.15, 0.2) is 0 Å². The van der Waals surface area contributed by atoms with Gasteiger partial charge in [-0.15, -0.1) is 11.3 Å². The number of aryl methyl sites for hydroxylation is 2. The summed E-state index contributed by atoms with van der Waals surface area (Å²) in [4.78, 5) is 24.3. The molecule has 3 rings (SSSR count). The van der Waals surface area contributed by atoms with Gasteiger partial charge in [0.2, 0.25) is 0 Å². The van der Waals surface area contributed by atoms with Gasteiger partial charge in [-0.05, 0) is 26.0 Å². The maximum absolute atomic E-state index is 12.3. The number of aromatic nitrogens is 3. The molecule has 0 aliphatic carbocycles. The van der Waals surface area contributed by atoms with Crippen LogP contribution < -0.4 is 5.32 Å². The van der Waals surface area contributed by atoms with E-state index in [0.717, 1.165) is 16.2 Å². The van der Waals surface area contributed by atoms with Crippen molar-refractivity contribution in [1.82, 2.24) is 15.0 Å². The van der Waals surface area contributed by atoms with E-state index in [-0.39, 0.29) is 5.91 Å². The van der Waals surface area contributed by atoms with E-state index in [4.69, 9.17) is 11.6 Å². The third-order valence-corrected chi connectivity index (χ3v) is 4.14. The van der Waals surface area contributed by atoms with E-state index in [1.807, 2.05) is 13.8 Å². The van der Waals surface area contributed by atoms with Crippen LogP contribution in [-0.4, -0.2) is 20.9 Å². The number of nitrogens with zero attached hydrogens (tertiary/aromatic N) is 2. The fourth-order valence-electron chi connectivity index (χ4n) is 2.03. The number of hydrogen-bond donors (Lipinski definition) is 2. The Kier molecular flexibility index (Phi) is 3.19. The van der Waals surface area contributed by atoms with Crippen LogP contribution in [-0.2, 0) is 0 Å². The summed E-state index contributed by atoms with van der Waals surface area (Å²) in [6.07, 6.45) is 1.57. The average molecular weight is 307 g/mol. The number of H-pyrrole nitrogens is 1. The Morgan fingerprint density at radius 2 is 2.20 bits per heavy atom. The summed E-state index contributed by atoms with van der Waals surface area (Å²) < 4.78 is 0. The molecule has 7 heteroatoms. The molecule has 0 saturated carbocycles. The molecule has 102 valence electrons. The smallest absolute Gasteiger partial charge is 0.267 e. The molecule has 0 bridgehead atoms. The number of aromatic amines is 1. The normalized spacial score (nSPS) is 10.9. The number of carbonyl (C=O) groups excluding carboxylic acids is 1. The Bertz CT molecular complexity index is 808. The number of carbonyl (C=O) groups is 1. The van der Waals surface area contributed by atoms with Gasteiger partial charge in [-0.2, -0.15) is 0 Å². The minimum atomic E-state index is -0.195. The van der Waals surface area contributed by atoms with Gasteiger partial charge >= 0.3 is 0 Å². The van der Waals surface area contributed by atoms with Crippen molar-refractivity contribution in [3.05, 3.63) is 39.1 Å². The van der Waals surface area contributed by atoms with E-state index in [2.05, 4.69) is 20.3 Å². The zero-order valence-corrected chi connectivity index (χ0v) is 12.4. The van der Waals surface area contributed by atoms with Gasteiger partial charge in [-0.3, -0.25) is 4.79 Å². The van der Waals surface area contributed by atoms with Gasteiger partial charge in [-0.25, -0.2) is 9.97 Å². The maximum Gasteiger partial charge on any atom is 0.267 e. The Morgan fingerprint density at radius 1 is 1.40 bits per heavy atom. The summed E-state index contributed by atoms with van der Waals surface area (Å²) >= 11 is 7.41. The van der Waals surface area contributed by atoms with Gasteiger partial charge in [-0.1, -0.05) is 11.6 Å². The molecule has 0 aliphatic heterocycles. The van der Waals surface area contributed by atoms with E-state index in [0.29, 0.717) is 21.1 Å². The minimum Gasteiger partial charge on any atom is -0.344 e. The van der Waals surface area contributed by atoms with Crippen LogP contribution in [0.3, 0.4) is 0 Å². The molecular formula is C13H11ClN4OS. The first kappa shape index (κ1) is 13.1. The van der Waals surface area contributed by atoms with Crippen molar-refractivity contribution in [2.75, 3.05) is 5.32 Å². The number of amides is 1. The van der Waals surface area contributed by atoms with E-state index >= 15 is 0 Å². The van der Waals surface area contributed by atoms with Gasteiger partial charge in [0, 0.05) is 5.02 Å². The van der Waals surface area contributed by atoms with E-state index in [9.17, 15) is 4.79 Å². The van der Waals surface area contributed by atoms with Gasteiger partial charge in [0.25, 0.3) is 5.91 Å². The van der Waals surface area contributed by atoms with Crippen LogP contribution >= 0.6 is 22.9 Å². The van der Waals surface area contributed by atoms with Crippen LogP contribution in [0.2, 0.25) is 5.02 Å². The Hall–Kier alpha value is -1.92. The van der Waals surface area contributed by atoms with Crippen molar-refractivity contribution < 1.29 is 4.79 Å². The summed E-state index contributed by atoms with van der Waals surface area (Å²) in [6.45, 7) is 3.69. The fourth-order valence-corrected chi connectivity index (χ4v) is 3.06. The predicted octanol–water partition coefficient (Wildman–Crippen LogP) is 3.54. The molecule has 1 aromatic carbocycles. The maximum atomic E-state index is 12.3. The second-order valence-corrected chi connectivity index (χ2v) is 5.99. The number of fused-ring (bicyclic) bond motifs is 1. The molecule has 2 N–H and O–H groups in total. The number of thiazole rings is 1. The lowest BCUT2D eigenvalue weighted by Gasteiger charge is -2.05. The zero-order chi connectivity index (χ0) is 14.3. The summed E-state index contributed by atoms with van der Waals surface area (Å²) in [6, 6.07) is 3.45. The zero-order valence-electron chi connectivity index (χ0n) is 10.8. The van der Waals surface area contributed by atoms with Crippen molar-refractivity contribution in [1.29, 1.82) is 0 Å². The van der Waals surface area contributed by atoms with E-state index in [1.54, 1.807) is 18.5 Å². The highest BCUT2D eigenvalue weighted by molar-refractivity contribution is 7.13. The van der Waals surface area contributed by atoms with Crippen LogP contribution in [0.25, 0.3) is 11.0 Å². The quantitative estimate of drug-likeness (QED) is 0.760. The summed E-state index contributed by atoms with van der Waals surface area (Å²) in [5.74, 6) is -0.195. The average Bonchev–Trinajstić information content (AvgIpc) is 2.95. The lowest BCUT2D eigenvalue weighted by atomic mass is 10.2. The molecular weight excluding hydrogens is 296 g/mol. The van der Waals surface area contributed by atoms with Crippen molar-refractivity contribution in [2.45, 2.75) is 13.8 Å². The molecule has 0 unspecified atom stereocenters. The largest absolute Gasteiger partial charge is 0.344 e. The van der Waals surface area contributed by atoms with Crippen LogP contribution in [0.4, 0.5) is 5.69 Å². The van der Waals surface area contributed by atoms with Gasteiger partial charge in [0.05, 0.1) is 28.2 Å². The number of nitrogens with one attached hydrogen (secondary N) is 2. The molecule has 0 saturated heterocycles. The molecule has 5 nitrogen and oxygen atoms in total. The monoisotopic (exact) mass is 306 g/mol. The molecule has 2 aromatic heterocycles. The number of hydrogen-bond acceptors (Lipinski definition) is 4. The number of rotatable bonds is 2. The summed E-state index contributed by atoms with van der Waals surface area (Å²) in [5.41, 5.74) is 2.78. The molecule has 0 fully saturated rings. The van der Waals surface area contributed by atoms with Crippen molar-refractivity contribution >= 4 is 45.6 Å².